The van der Waals surface area contributed by atoms with Gasteiger partial charge in [0.2, 0.25) is 10.0 Å². The first kappa shape index (κ1) is 15.3. The monoisotopic (exact) mass is 326 g/mol. The van der Waals surface area contributed by atoms with Crippen molar-refractivity contribution in [3.63, 3.8) is 0 Å². The van der Waals surface area contributed by atoms with Crippen LogP contribution >= 0.6 is 0 Å². The summed E-state index contributed by atoms with van der Waals surface area (Å²) >= 11 is 0. The van der Waals surface area contributed by atoms with Crippen molar-refractivity contribution in [2.75, 3.05) is 0 Å². The van der Waals surface area contributed by atoms with Gasteiger partial charge in [-0.3, -0.25) is 4.79 Å². The lowest BCUT2D eigenvalue weighted by atomic mass is 9.96. The maximum atomic E-state index is 13.1. The summed E-state index contributed by atoms with van der Waals surface area (Å²) in [6.07, 6.45) is 7.13. The summed E-state index contributed by atoms with van der Waals surface area (Å²) in [6, 6.07) is 8.56. The van der Waals surface area contributed by atoms with Crippen molar-refractivity contribution in [3.05, 3.63) is 59.8 Å². The summed E-state index contributed by atoms with van der Waals surface area (Å²) in [7, 11) is -3.76. The van der Waals surface area contributed by atoms with Gasteiger partial charge >= 0.3 is 0 Å². The van der Waals surface area contributed by atoms with Crippen LogP contribution in [0.15, 0.2) is 54.3 Å². The summed E-state index contributed by atoms with van der Waals surface area (Å²) in [5.74, 6) is 0. The molecule has 1 unspecified atom stereocenters. The lowest BCUT2D eigenvalue weighted by molar-refractivity contribution is -0.105. The second-order valence-corrected chi connectivity index (χ2v) is 7.99. The number of aldehydes is 1. The van der Waals surface area contributed by atoms with Crippen LogP contribution in [-0.4, -0.2) is 23.4 Å². The number of hydrogen-bond donors (Lipinski definition) is 0. The minimum absolute atomic E-state index is 0.130. The third-order valence-electron chi connectivity index (χ3n) is 4.10. The zero-order chi connectivity index (χ0) is 16.7. The topological polar surface area (TPSA) is 79.9 Å². The van der Waals surface area contributed by atoms with Gasteiger partial charge in [-0.1, -0.05) is 18.2 Å². The van der Waals surface area contributed by atoms with E-state index in [2.05, 4.69) is 0 Å². The van der Waals surface area contributed by atoms with Crippen LogP contribution in [-0.2, 0) is 14.8 Å². The molecule has 0 saturated heterocycles. The molecule has 0 N–H and O–H groups in total. The van der Waals surface area contributed by atoms with Crippen LogP contribution < -0.4 is 0 Å². The molecular formula is C17H14N2O3S. The Bertz CT molecular complexity index is 1010. The maximum absolute atomic E-state index is 13.1. The van der Waals surface area contributed by atoms with E-state index in [4.69, 9.17) is 5.26 Å². The van der Waals surface area contributed by atoms with Gasteiger partial charge in [-0.15, -0.1) is 0 Å². The average molecular weight is 326 g/mol. The van der Waals surface area contributed by atoms with Gasteiger partial charge in [-0.05, 0) is 36.8 Å². The van der Waals surface area contributed by atoms with E-state index in [1.54, 1.807) is 49.4 Å². The van der Waals surface area contributed by atoms with Crippen molar-refractivity contribution >= 4 is 27.2 Å². The number of carbonyl (C=O) groups is 1. The number of rotatable bonds is 3. The Morgan fingerprint density at radius 3 is 2.83 bits per heavy atom. The molecule has 1 atom stereocenters. The van der Waals surface area contributed by atoms with Crippen molar-refractivity contribution in [1.29, 1.82) is 5.26 Å². The Morgan fingerprint density at radius 1 is 1.35 bits per heavy atom. The molecule has 1 aromatic carbocycles. The molecule has 5 nitrogen and oxygen atoms in total. The van der Waals surface area contributed by atoms with Crippen LogP contribution in [0.1, 0.15) is 18.9 Å². The number of carbonyl (C=O) groups excluding carboxylic acids is 1. The van der Waals surface area contributed by atoms with E-state index in [1.165, 1.54) is 10.2 Å². The molecule has 0 saturated carbocycles. The third kappa shape index (κ3) is 2.30. The molecule has 0 fully saturated rings. The molecule has 3 rings (SSSR count). The Morgan fingerprint density at radius 2 is 2.13 bits per heavy atom. The highest BCUT2D eigenvalue weighted by Gasteiger charge is 2.40. The molecule has 6 heteroatoms. The van der Waals surface area contributed by atoms with Crippen LogP contribution in [0.3, 0.4) is 0 Å². The van der Waals surface area contributed by atoms with E-state index < -0.39 is 14.8 Å². The molecule has 1 heterocycles. The summed E-state index contributed by atoms with van der Waals surface area (Å²) < 4.78 is 26.2. The van der Waals surface area contributed by atoms with E-state index >= 15 is 0 Å². The second-order valence-electron chi connectivity index (χ2n) is 5.71. The molecule has 0 radical (unpaired) electrons. The van der Waals surface area contributed by atoms with Gasteiger partial charge in [0.1, 0.15) is 11.0 Å². The minimum atomic E-state index is -3.76. The molecule has 2 aromatic rings. The number of aromatic nitrogens is 1. The molecule has 0 bridgehead atoms. The normalized spacial score (nSPS) is 21.0. The Kier molecular flexibility index (Phi) is 3.46. The lowest BCUT2D eigenvalue weighted by Crippen LogP contribution is -2.39. The molecule has 1 aliphatic carbocycles. The highest BCUT2D eigenvalue weighted by atomic mass is 32.2. The zero-order valence-corrected chi connectivity index (χ0v) is 13.2. The number of nitrogens with zero attached hydrogens (tertiary/aromatic N) is 2. The molecular weight excluding hydrogens is 312 g/mol. The smallest absolute Gasteiger partial charge is 0.248 e. The van der Waals surface area contributed by atoms with Crippen LogP contribution in [0.25, 0.3) is 10.9 Å². The lowest BCUT2D eigenvalue weighted by Gasteiger charge is -2.28. The van der Waals surface area contributed by atoms with Gasteiger partial charge in [0.15, 0.2) is 0 Å². The van der Waals surface area contributed by atoms with Crippen LogP contribution in [0.2, 0.25) is 0 Å². The fourth-order valence-corrected chi connectivity index (χ4v) is 4.47. The first-order chi connectivity index (χ1) is 10.9. The predicted molar refractivity (Wildman–Crippen MR) is 87.3 cm³/mol. The number of allylic oxidation sites excluding steroid dienone is 3. The van der Waals surface area contributed by atoms with Crippen molar-refractivity contribution in [2.24, 2.45) is 0 Å². The number of benzene rings is 1. The highest BCUT2D eigenvalue weighted by molar-refractivity contribution is 7.91. The molecule has 0 spiro atoms. The van der Waals surface area contributed by atoms with E-state index in [1.807, 2.05) is 6.07 Å². The van der Waals surface area contributed by atoms with Crippen molar-refractivity contribution in [2.45, 2.75) is 18.1 Å². The Hall–Kier alpha value is -2.65. The third-order valence-corrected chi connectivity index (χ3v) is 6.39. The van der Waals surface area contributed by atoms with E-state index in [9.17, 15) is 13.2 Å². The summed E-state index contributed by atoms with van der Waals surface area (Å²) in [6.45, 7) is 1.60. The Balaban J connectivity index is 2.14. The minimum Gasteiger partial charge on any atom is -0.298 e. The molecule has 1 aromatic heterocycles. The summed E-state index contributed by atoms with van der Waals surface area (Å²) in [5, 5.41) is 9.62. The summed E-state index contributed by atoms with van der Waals surface area (Å²) in [4.78, 5) is 11.0. The van der Waals surface area contributed by atoms with Crippen LogP contribution in [0.5, 0.6) is 0 Å². The Labute approximate surface area is 134 Å². The fourth-order valence-electron chi connectivity index (χ4n) is 2.78. The number of fused-ring (bicyclic) bond motifs is 1. The van der Waals surface area contributed by atoms with Gasteiger partial charge in [0, 0.05) is 18.0 Å². The molecule has 0 amide bonds. The van der Waals surface area contributed by atoms with E-state index in [0.717, 1.165) is 0 Å². The van der Waals surface area contributed by atoms with Crippen LogP contribution in [0, 0.1) is 11.3 Å². The van der Waals surface area contributed by atoms with Crippen molar-refractivity contribution in [3.8, 4) is 6.07 Å². The highest BCUT2D eigenvalue weighted by Crippen LogP contribution is 2.33. The number of hydrogen-bond acceptors (Lipinski definition) is 4. The zero-order valence-electron chi connectivity index (χ0n) is 12.4. The van der Waals surface area contributed by atoms with Gasteiger partial charge < -0.3 is 0 Å². The molecule has 116 valence electrons. The van der Waals surface area contributed by atoms with Gasteiger partial charge in [-0.2, -0.15) is 5.26 Å². The predicted octanol–water partition coefficient (Wildman–Crippen LogP) is 2.53. The van der Waals surface area contributed by atoms with E-state index in [-0.39, 0.29) is 6.42 Å². The SMILES string of the molecule is CC1(S(=O)(=O)n2ccc3cc(C#N)ccc32)C=CC=C(C=O)C1. The fraction of sp³-hybridized carbons (Fsp3) is 0.176. The molecule has 0 aliphatic heterocycles. The van der Waals surface area contributed by atoms with Gasteiger partial charge in [0.25, 0.3) is 0 Å². The standard InChI is InChI=1S/C17H14N2O3S/c1-17(7-2-3-14(10-17)12-20)23(21,22)19-8-6-15-9-13(11-18)4-5-16(15)19/h2-9,12H,10H2,1H3. The van der Waals surface area contributed by atoms with Crippen molar-refractivity contribution < 1.29 is 13.2 Å². The van der Waals surface area contributed by atoms with Crippen LogP contribution in [0.4, 0.5) is 0 Å². The largest absolute Gasteiger partial charge is 0.298 e. The second kappa shape index (κ2) is 5.21. The first-order valence-corrected chi connectivity index (χ1v) is 8.45. The average Bonchev–Trinajstić information content (AvgIpc) is 2.98. The van der Waals surface area contributed by atoms with Gasteiger partial charge in [-0.25, -0.2) is 12.4 Å². The maximum Gasteiger partial charge on any atom is 0.248 e. The van der Waals surface area contributed by atoms with Gasteiger partial charge in [0.05, 0.1) is 17.1 Å². The van der Waals surface area contributed by atoms with Crippen molar-refractivity contribution in [1.82, 2.24) is 3.97 Å². The summed E-state index contributed by atoms with van der Waals surface area (Å²) in [5.41, 5.74) is 1.44. The number of nitriles is 1. The molecule has 1 aliphatic rings. The first-order valence-electron chi connectivity index (χ1n) is 7.01. The molecule has 23 heavy (non-hydrogen) atoms. The quantitative estimate of drug-likeness (QED) is 0.812. The van der Waals surface area contributed by atoms with E-state index in [0.29, 0.717) is 28.3 Å².